The summed E-state index contributed by atoms with van der Waals surface area (Å²) in [6.45, 7) is 0.727. The summed E-state index contributed by atoms with van der Waals surface area (Å²) < 4.78 is 37.0. The molecule has 1 heterocycles. The first-order valence-electron chi connectivity index (χ1n) is 4.99. The number of alkyl halides is 3. The van der Waals surface area contributed by atoms with Gasteiger partial charge in [0, 0.05) is 19.7 Å². The summed E-state index contributed by atoms with van der Waals surface area (Å²) in [6, 6.07) is 1.42. The molecule has 0 aliphatic rings. The molecule has 0 spiro atoms. The van der Waals surface area contributed by atoms with Gasteiger partial charge in [-0.3, -0.25) is 0 Å². The molecule has 0 atom stereocenters. The number of nitrogens with one attached hydrogen (secondary N) is 1. The molecule has 0 radical (unpaired) electrons. The van der Waals surface area contributed by atoms with E-state index in [9.17, 15) is 13.2 Å². The second-order valence-electron chi connectivity index (χ2n) is 3.35. The number of hydrogen-bond donors (Lipinski definition) is 2. The van der Waals surface area contributed by atoms with Gasteiger partial charge in [-0.1, -0.05) is 0 Å². The second-order valence-corrected chi connectivity index (χ2v) is 3.35. The van der Waals surface area contributed by atoms with Gasteiger partial charge in [0.05, 0.1) is 0 Å². The topological polar surface area (TPSA) is 67.1 Å². The maximum atomic E-state index is 12.3. The van der Waals surface area contributed by atoms with Gasteiger partial charge in [-0.15, -0.1) is 0 Å². The van der Waals surface area contributed by atoms with E-state index in [2.05, 4.69) is 15.3 Å². The normalized spacial score (nSPS) is 11.4. The molecule has 0 aromatic carbocycles. The van der Waals surface area contributed by atoms with Gasteiger partial charge < -0.3 is 16.0 Å². The van der Waals surface area contributed by atoms with Crippen LogP contribution in [0.5, 0.6) is 0 Å². The number of aromatic nitrogens is 2. The van der Waals surface area contributed by atoms with E-state index in [0.29, 0.717) is 5.82 Å². The quantitative estimate of drug-likeness (QED) is 0.846. The number of rotatable bonds is 4. The average molecular weight is 249 g/mol. The Morgan fingerprint density at radius 3 is 2.53 bits per heavy atom. The predicted molar refractivity (Wildman–Crippen MR) is 59.9 cm³/mol. The molecule has 0 bridgehead atoms. The van der Waals surface area contributed by atoms with Crippen molar-refractivity contribution in [3.8, 4) is 0 Å². The van der Waals surface area contributed by atoms with Gasteiger partial charge in [-0.25, -0.2) is 0 Å². The molecule has 0 saturated heterocycles. The number of nitrogen functional groups attached to an aromatic ring is 1. The van der Waals surface area contributed by atoms with E-state index < -0.39 is 12.7 Å². The molecule has 17 heavy (non-hydrogen) atoms. The largest absolute Gasteiger partial charge is 0.405 e. The van der Waals surface area contributed by atoms with Crippen molar-refractivity contribution in [2.75, 3.05) is 36.1 Å². The Bertz CT molecular complexity index is 379. The van der Waals surface area contributed by atoms with Crippen LogP contribution in [-0.2, 0) is 0 Å². The summed E-state index contributed by atoms with van der Waals surface area (Å²) >= 11 is 0. The van der Waals surface area contributed by atoms with Crippen LogP contribution in [0, 0.1) is 0 Å². The minimum absolute atomic E-state index is 0.0625. The lowest BCUT2D eigenvalue weighted by atomic mass is 10.4. The van der Waals surface area contributed by atoms with Gasteiger partial charge in [0.1, 0.15) is 18.2 Å². The van der Waals surface area contributed by atoms with Gasteiger partial charge in [0.2, 0.25) is 5.95 Å². The summed E-state index contributed by atoms with van der Waals surface area (Å²) in [5, 5.41) is 2.71. The Labute approximate surface area is 96.8 Å². The number of nitrogens with zero attached hydrogens (tertiary/aromatic N) is 3. The fourth-order valence-electron chi connectivity index (χ4n) is 1.31. The van der Waals surface area contributed by atoms with Crippen molar-refractivity contribution >= 4 is 17.6 Å². The monoisotopic (exact) mass is 249 g/mol. The molecule has 0 aliphatic heterocycles. The van der Waals surface area contributed by atoms with Crippen molar-refractivity contribution in [2.24, 2.45) is 0 Å². The summed E-state index contributed by atoms with van der Waals surface area (Å²) in [5.41, 5.74) is 5.42. The van der Waals surface area contributed by atoms with Crippen molar-refractivity contribution in [1.82, 2.24) is 9.97 Å². The Balaban J connectivity index is 2.99. The Morgan fingerprint density at radius 1 is 1.41 bits per heavy atom. The summed E-state index contributed by atoms with van der Waals surface area (Å²) in [7, 11) is 1.60. The van der Waals surface area contributed by atoms with Crippen molar-refractivity contribution < 1.29 is 13.2 Å². The number of nitrogens with two attached hydrogens (primary N) is 1. The molecule has 0 aliphatic carbocycles. The van der Waals surface area contributed by atoms with Crippen LogP contribution < -0.4 is 16.0 Å². The van der Waals surface area contributed by atoms with Crippen LogP contribution in [0.15, 0.2) is 6.07 Å². The summed E-state index contributed by atoms with van der Waals surface area (Å²) in [4.78, 5) is 8.69. The maximum absolute atomic E-state index is 12.3. The zero-order valence-corrected chi connectivity index (χ0v) is 9.54. The number of anilines is 3. The minimum atomic E-state index is -4.28. The third-order valence-electron chi connectivity index (χ3n) is 2.06. The van der Waals surface area contributed by atoms with Crippen LogP contribution in [0.3, 0.4) is 0 Å². The molecule has 1 rings (SSSR count). The van der Waals surface area contributed by atoms with Gasteiger partial charge in [-0.2, -0.15) is 23.1 Å². The highest BCUT2D eigenvalue weighted by molar-refractivity contribution is 5.52. The summed E-state index contributed by atoms with van der Waals surface area (Å²) in [5.74, 6) is 0.474. The molecule has 1 aromatic heterocycles. The Kier molecular flexibility index (Phi) is 3.97. The van der Waals surface area contributed by atoms with Crippen molar-refractivity contribution in [2.45, 2.75) is 13.1 Å². The van der Waals surface area contributed by atoms with E-state index in [1.54, 1.807) is 14.0 Å². The van der Waals surface area contributed by atoms with E-state index in [-0.39, 0.29) is 18.3 Å². The Morgan fingerprint density at radius 2 is 2.06 bits per heavy atom. The molecule has 8 heteroatoms. The van der Waals surface area contributed by atoms with E-state index in [1.165, 1.54) is 6.07 Å². The standard InChI is InChI=1S/C9H14F3N5/c1-3-17(5-9(10,11)12)7-4-6(14-2)15-8(13)16-7/h4H,3,5H2,1-2H3,(H3,13,14,15,16). The first-order valence-corrected chi connectivity index (χ1v) is 4.99. The molecule has 0 unspecified atom stereocenters. The van der Waals surface area contributed by atoms with Crippen molar-refractivity contribution in [3.05, 3.63) is 6.07 Å². The van der Waals surface area contributed by atoms with Crippen molar-refractivity contribution in [3.63, 3.8) is 0 Å². The highest BCUT2D eigenvalue weighted by Crippen LogP contribution is 2.22. The predicted octanol–water partition coefficient (Wildman–Crippen LogP) is 1.49. The van der Waals surface area contributed by atoms with Crippen LogP contribution >= 0.6 is 0 Å². The molecule has 0 saturated carbocycles. The third-order valence-corrected chi connectivity index (χ3v) is 2.06. The molecule has 0 amide bonds. The van der Waals surface area contributed by atoms with Crippen LogP contribution in [-0.4, -0.2) is 36.3 Å². The molecule has 3 N–H and O–H groups in total. The molecular formula is C9H14F3N5. The minimum Gasteiger partial charge on any atom is -0.373 e. The zero-order valence-electron chi connectivity index (χ0n) is 9.54. The second kappa shape index (κ2) is 5.07. The van der Waals surface area contributed by atoms with Crippen molar-refractivity contribution in [1.29, 1.82) is 0 Å². The number of hydrogen-bond acceptors (Lipinski definition) is 5. The fourth-order valence-corrected chi connectivity index (χ4v) is 1.31. The van der Waals surface area contributed by atoms with Gasteiger partial charge >= 0.3 is 6.18 Å². The average Bonchev–Trinajstić information content (AvgIpc) is 2.23. The number of halogens is 3. The van der Waals surface area contributed by atoms with E-state index >= 15 is 0 Å². The van der Waals surface area contributed by atoms with Crippen LogP contribution in [0.4, 0.5) is 30.8 Å². The first-order chi connectivity index (χ1) is 7.85. The zero-order chi connectivity index (χ0) is 13.1. The Hall–Kier alpha value is -1.73. The highest BCUT2D eigenvalue weighted by Gasteiger charge is 2.31. The first kappa shape index (κ1) is 13.3. The van der Waals surface area contributed by atoms with E-state index in [4.69, 9.17) is 5.73 Å². The maximum Gasteiger partial charge on any atom is 0.405 e. The third kappa shape index (κ3) is 3.97. The van der Waals surface area contributed by atoms with Crippen LogP contribution in [0.2, 0.25) is 0 Å². The smallest absolute Gasteiger partial charge is 0.373 e. The molecule has 0 fully saturated rings. The molecule has 5 nitrogen and oxygen atoms in total. The van der Waals surface area contributed by atoms with Gasteiger partial charge in [0.25, 0.3) is 0 Å². The lowest BCUT2D eigenvalue weighted by molar-refractivity contribution is -0.119. The summed E-state index contributed by atoms with van der Waals surface area (Å²) in [6.07, 6.45) is -4.28. The highest BCUT2D eigenvalue weighted by atomic mass is 19.4. The van der Waals surface area contributed by atoms with Gasteiger partial charge in [0.15, 0.2) is 0 Å². The lowest BCUT2D eigenvalue weighted by Crippen LogP contribution is -2.34. The molecule has 1 aromatic rings. The molecular weight excluding hydrogens is 235 g/mol. The fraction of sp³-hybridized carbons (Fsp3) is 0.556. The van der Waals surface area contributed by atoms with Crippen LogP contribution in [0.1, 0.15) is 6.92 Å². The van der Waals surface area contributed by atoms with E-state index in [1.807, 2.05) is 0 Å². The van der Waals surface area contributed by atoms with Gasteiger partial charge in [-0.05, 0) is 6.92 Å². The lowest BCUT2D eigenvalue weighted by Gasteiger charge is -2.23. The van der Waals surface area contributed by atoms with Crippen LogP contribution in [0.25, 0.3) is 0 Å². The molecule has 96 valence electrons. The van der Waals surface area contributed by atoms with E-state index in [0.717, 1.165) is 4.90 Å². The SMILES string of the molecule is CCN(CC(F)(F)F)c1cc(NC)nc(N)n1.